The molecule has 0 atom stereocenters. The summed E-state index contributed by atoms with van der Waals surface area (Å²) in [7, 11) is -1.56. The normalized spacial score (nSPS) is 18.9. The van der Waals surface area contributed by atoms with Crippen molar-refractivity contribution in [3.63, 3.8) is 0 Å². The number of rotatable bonds is 2. The first-order chi connectivity index (χ1) is 6.60. The molecule has 0 aliphatic carbocycles. The van der Waals surface area contributed by atoms with Crippen molar-refractivity contribution in [2.75, 3.05) is 13.1 Å². The molecule has 0 amide bonds. The lowest BCUT2D eigenvalue weighted by Crippen LogP contribution is -2.27. The summed E-state index contributed by atoms with van der Waals surface area (Å²) in [4.78, 5) is 0.293. The maximum Gasteiger partial charge on any atom is 0.246 e. The molecule has 0 aromatic carbocycles. The molecule has 0 spiro atoms. The molecule has 2 rings (SSSR count). The third-order valence-corrected chi connectivity index (χ3v) is 4.24. The van der Waals surface area contributed by atoms with Crippen molar-refractivity contribution in [2.45, 2.75) is 17.7 Å². The van der Waals surface area contributed by atoms with Crippen molar-refractivity contribution >= 4 is 10.0 Å². The molecule has 1 fully saturated rings. The highest BCUT2D eigenvalue weighted by atomic mass is 32.2. The number of hydrogen-bond donors (Lipinski definition) is 0. The van der Waals surface area contributed by atoms with Gasteiger partial charge in [0.1, 0.15) is 4.90 Å². The van der Waals surface area contributed by atoms with Crippen LogP contribution in [-0.4, -0.2) is 35.6 Å². The molecule has 1 aromatic rings. The van der Waals surface area contributed by atoms with E-state index in [1.54, 1.807) is 7.05 Å². The Balaban J connectivity index is 2.32. The molecule has 1 aliphatic heterocycles. The summed E-state index contributed by atoms with van der Waals surface area (Å²) >= 11 is 0. The number of nitrogens with zero attached hydrogens (tertiary/aromatic N) is 3. The van der Waals surface area contributed by atoms with E-state index in [0.29, 0.717) is 18.0 Å². The van der Waals surface area contributed by atoms with E-state index in [-0.39, 0.29) is 0 Å². The Morgan fingerprint density at radius 1 is 1.36 bits per heavy atom. The first kappa shape index (κ1) is 9.67. The van der Waals surface area contributed by atoms with Crippen LogP contribution in [0.4, 0.5) is 0 Å². The fourth-order valence-corrected chi connectivity index (χ4v) is 3.11. The van der Waals surface area contributed by atoms with Crippen LogP contribution in [0.1, 0.15) is 12.8 Å². The van der Waals surface area contributed by atoms with E-state index < -0.39 is 10.0 Å². The molecule has 0 radical (unpaired) electrons. The predicted octanol–water partition coefficient (Wildman–Crippen LogP) is 0.205. The minimum atomic E-state index is -3.27. The second kappa shape index (κ2) is 3.36. The summed E-state index contributed by atoms with van der Waals surface area (Å²) in [5.74, 6) is 0. The van der Waals surface area contributed by atoms with Crippen molar-refractivity contribution in [2.24, 2.45) is 7.05 Å². The third-order valence-electron chi connectivity index (χ3n) is 2.38. The van der Waals surface area contributed by atoms with Crippen LogP contribution in [0.3, 0.4) is 0 Å². The van der Waals surface area contributed by atoms with Crippen LogP contribution < -0.4 is 0 Å². The van der Waals surface area contributed by atoms with E-state index in [4.69, 9.17) is 0 Å². The van der Waals surface area contributed by atoms with E-state index in [1.165, 1.54) is 21.4 Å². The zero-order chi connectivity index (χ0) is 10.2. The predicted molar refractivity (Wildman–Crippen MR) is 51.2 cm³/mol. The van der Waals surface area contributed by atoms with E-state index in [0.717, 1.165) is 12.8 Å². The highest BCUT2D eigenvalue weighted by Gasteiger charge is 2.27. The Hall–Kier alpha value is -0.880. The molecule has 78 valence electrons. The highest BCUT2D eigenvalue weighted by molar-refractivity contribution is 7.89. The fraction of sp³-hybridized carbons (Fsp3) is 0.625. The van der Waals surface area contributed by atoms with Gasteiger partial charge in [0.15, 0.2) is 0 Å². The van der Waals surface area contributed by atoms with Crippen molar-refractivity contribution in [1.82, 2.24) is 14.1 Å². The molecule has 0 unspecified atom stereocenters. The van der Waals surface area contributed by atoms with Gasteiger partial charge in [0.2, 0.25) is 10.0 Å². The van der Waals surface area contributed by atoms with Crippen LogP contribution in [0, 0.1) is 0 Å². The number of aryl methyl sites for hydroxylation is 1. The number of hydrogen-bond acceptors (Lipinski definition) is 3. The van der Waals surface area contributed by atoms with Gasteiger partial charge in [-0.25, -0.2) is 8.42 Å². The van der Waals surface area contributed by atoms with Gasteiger partial charge in [-0.15, -0.1) is 0 Å². The quantitative estimate of drug-likeness (QED) is 0.708. The highest BCUT2D eigenvalue weighted by Crippen LogP contribution is 2.19. The zero-order valence-electron chi connectivity index (χ0n) is 8.05. The van der Waals surface area contributed by atoms with Gasteiger partial charge in [-0.1, -0.05) is 0 Å². The Labute approximate surface area is 83.4 Å². The summed E-state index contributed by atoms with van der Waals surface area (Å²) in [5, 5.41) is 3.87. The second-order valence-corrected chi connectivity index (χ2v) is 5.40. The van der Waals surface area contributed by atoms with E-state index >= 15 is 0 Å². The Bertz CT molecular complexity index is 418. The first-order valence-electron chi connectivity index (χ1n) is 4.59. The molecule has 6 heteroatoms. The average Bonchev–Trinajstić information content (AvgIpc) is 2.72. The van der Waals surface area contributed by atoms with E-state index in [2.05, 4.69) is 5.10 Å². The minimum Gasteiger partial charge on any atom is -0.274 e. The maximum atomic E-state index is 11.9. The maximum absolute atomic E-state index is 11.9. The topological polar surface area (TPSA) is 55.2 Å². The smallest absolute Gasteiger partial charge is 0.246 e. The van der Waals surface area contributed by atoms with Crippen LogP contribution in [-0.2, 0) is 17.1 Å². The van der Waals surface area contributed by atoms with Gasteiger partial charge in [-0.05, 0) is 12.8 Å². The lowest BCUT2D eigenvalue weighted by atomic mass is 10.4. The Kier molecular flexibility index (Phi) is 2.32. The first-order valence-corrected chi connectivity index (χ1v) is 6.03. The minimum absolute atomic E-state index is 0.293. The lowest BCUT2D eigenvalue weighted by Gasteiger charge is -2.13. The molecule has 0 saturated carbocycles. The zero-order valence-corrected chi connectivity index (χ0v) is 8.87. The molecule has 1 saturated heterocycles. The monoisotopic (exact) mass is 215 g/mol. The van der Waals surface area contributed by atoms with Gasteiger partial charge in [0.25, 0.3) is 0 Å². The largest absolute Gasteiger partial charge is 0.274 e. The van der Waals surface area contributed by atoms with Crippen LogP contribution in [0.2, 0.25) is 0 Å². The molecular formula is C8H13N3O2S. The lowest BCUT2D eigenvalue weighted by molar-refractivity contribution is 0.477. The molecule has 5 nitrogen and oxygen atoms in total. The number of aromatic nitrogens is 2. The van der Waals surface area contributed by atoms with Crippen LogP contribution in [0.25, 0.3) is 0 Å². The van der Waals surface area contributed by atoms with Crippen LogP contribution in [0.15, 0.2) is 17.3 Å². The standard InChI is InChI=1S/C8H13N3O2S/c1-10-7-8(6-9-10)14(12,13)11-4-2-3-5-11/h6-7H,2-5H2,1H3. The van der Waals surface area contributed by atoms with Crippen molar-refractivity contribution in [3.05, 3.63) is 12.4 Å². The molecule has 0 N–H and O–H groups in total. The second-order valence-electron chi connectivity index (χ2n) is 3.46. The summed E-state index contributed by atoms with van der Waals surface area (Å²) in [6.45, 7) is 1.27. The summed E-state index contributed by atoms with van der Waals surface area (Å²) in [6.07, 6.45) is 4.85. The molecule has 14 heavy (non-hydrogen) atoms. The van der Waals surface area contributed by atoms with Gasteiger partial charge >= 0.3 is 0 Å². The molecular weight excluding hydrogens is 202 g/mol. The Morgan fingerprint density at radius 3 is 2.50 bits per heavy atom. The molecule has 1 aromatic heterocycles. The average molecular weight is 215 g/mol. The summed E-state index contributed by atoms with van der Waals surface area (Å²) < 4.78 is 26.9. The molecule has 1 aliphatic rings. The molecule has 0 bridgehead atoms. The van der Waals surface area contributed by atoms with Crippen molar-refractivity contribution < 1.29 is 8.42 Å². The molecule has 2 heterocycles. The van der Waals surface area contributed by atoms with E-state index in [1.807, 2.05) is 0 Å². The summed E-state index contributed by atoms with van der Waals surface area (Å²) in [5.41, 5.74) is 0. The van der Waals surface area contributed by atoms with E-state index in [9.17, 15) is 8.42 Å². The third kappa shape index (κ3) is 1.55. The van der Waals surface area contributed by atoms with Gasteiger partial charge in [-0.2, -0.15) is 9.40 Å². The van der Waals surface area contributed by atoms with Gasteiger partial charge in [0.05, 0.1) is 6.20 Å². The SMILES string of the molecule is Cn1cc(S(=O)(=O)N2CCCC2)cn1. The van der Waals surface area contributed by atoms with Gasteiger partial charge in [0, 0.05) is 26.3 Å². The van der Waals surface area contributed by atoms with Crippen molar-refractivity contribution in [3.8, 4) is 0 Å². The van der Waals surface area contributed by atoms with Crippen LogP contribution >= 0.6 is 0 Å². The van der Waals surface area contributed by atoms with Crippen LogP contribution in [0.5, 0.6) is 0 Å². The van der Waals surface area contributed by atoms with Gasteiger partial charge in [-0.3, -0.25) is 4.68 Å². The number of sulfonamides is 1. The van der Waals surface area contributed by atoms with Gasteiger partial charge < -0.3 is 0 Å². The van der Waals surface area contributed by atoms with Crippen molar-refractivity contribution in [1.29, 1.82) is 0 Å². The Morgan fingerprint density at radius 2 is 2.00 bits per heavy atom. The summed E-state index contributed by atoms with van der Waals surface area (Å²) in [6, 6.07) is 0. The fourth-order valence-electron chi connectivity index (χ4n) is 1.61.